The van der Waals surface area contributed by atoms with E-state index in [1.165, 1.54) is 21.2 Å². The van der Waals surface area contributed by atoms with Gasteiger partial charge in [0.15, 0.2) is 0 Å². The molecule has 0 amide bonds. The van der Waals surface area contributed by atoms with E-state index >= 15 is 0 Å². The summed E-state index contributed by atoms with van der Waals surface area (Å²) in [5.74, 6) is 0.204. The van der Waals surface area contributed by atoms with E-state index in [0.717, 1.165) is 12.0 Å². The summed E-state index contributed by atoms with van der Waals surface area (Å²) < 4.78 is 27.0. The van der Waals surface area contributed by atoms with Crippen molar-refractivity contribution in [2.24, 2.45) is 0 Å². The number of hydrogen-bond donors (Lipinski definition) is 0. The fourth-order valence-corrected chi connectivity index (χ4v) is 5.35. The average molecular weight is 344 g/mol. The number of benzene rings is 1. The minimum atomic E-state index is -3.58. The van der Waals surface area contributed by atoms with Gasteiger partial charge in [-0.25, -0.2) is 8.42 Å². The number of anilines is 1. The first-order valence-electron chi connectivity index (χ1n) is 6.62. The van der Waals surface area contributed by atoms with Crippen LogP contribution in [0, 0.1) is 6.92 Å². The van der Waals surface area contributed by atoms with Gasteiger partial charge in [0, 0.05) is 11.9 Å². The number of sulfonamides is 1. The molecule has 0 aliphatic heterocycles. The molecule has 0 fully saturated rings. The lowest BCUT2D eigenvalue weighted by Gasteiger charge is -2.20. The van der Waals surface area contributed by atoms with Gasteiger partial charge in [0.25, 0.3) is 10.0 Å². The number of thiophene rings is 1. The molecule has 0 N–H and O–H groups in total. The molecule has 2 aromatic rings. The summed E-state index contributed by atoms with van der Waals surface area (Å²) in [6, 6.07) is 7.56. The second kappa shape index (κ2) is 6.38. The smallest absolute Gasteiger partial charge is 0.265 e. The highest BCUT2D eigenvalue weighted by Gasteiger charge is 2.27. The van der Waals surface area contributed by atoms with Gasteiger partial charge in [0.1, 0.15) is 4.90 Å². The van der Waals surface area contributed by atoms with Crippen LogP contribution in [0.4, 0.5) is 5.69 Å². The topological polar surface area (TPSA) is 37.4 Å². The molecule has 2 rings (SSSR count). The van der Waals surface area contributed by atoms with Crippen molar-refractivity contribution in [2.45, 2.75) is 31.0 Å². The van der Waals surface area contributed by atoms with E-state index in [4.69, 9.17) is 11.6 Å². The quantitative estimate of drug-likeness (QED) is 0.763. The third kappa shape index (κ3) is 3.10. The van der Waals surface area contributed by atoms with Crippen molar-refractivity contribution in [3.05, 3.63) is 45.6 Å². The minimum Gasteiger partial charge on any atom is -0.269 e. The van der Waals surface area contributed by atoms with E-state index in [-0.39, 0.29) is 5.88 Å². The van der Waals surface area contributed by atoms with Crippen molar-refractivity contribution in [2.75, 3.05) is 11.4 Å². The van der Waals surface area contributed by atoms with Crippen LogP contribution in [0.3, 0.4) is 0 Å². The zero-order chi connectivity index (χ0) is 15.6. The number of hydrogen-bond acceptors (Lipinski definition) is 3. The highest BCUT2D eigenvalue weighted by atomic mass is 35.5. The van der Waals surface area contributed by atoms with Gasteiger partial charge >= 0.3 is 0 Å². The molecule has 0 spiro atoms. The normalized spacial score (nSPS) is 11.6. The molecule has 0 aliphatic rings. The Kier molecular flexibility index (Phi) is 4.96. The van der Waals surface area contributed by atoms with E-state index in [9.17, 15) is 8.42 Å². The Labute approximate surface area is 135 Å². The molecule has 1 heterocycles. The Bertz CT molecular complexity index is 721. The van der Waals surface area contributed by atoms with Gasteiger partial charge in [-0.1, -0.05) is 19.1 Å². The van der Waals surface area contributed by atoms with Crippen molar-refractivity contribution < 1.29 is 8.42 Å². The van der Waals surface area contributed by atoms with Gasteiger partial charge in [-0.15, -0.1) is 22.9 Å². The molecule has 0 radical (unpaired) electrons. The second-order valence-electron chi connectivity index (χ2n) is 4.80. The molecular weight excluding hydrogens is 326 g/mol. The molecule has 0 bridgehead atoms. The van der Waals surface area contributed by atoms with Gasteiger partial charge in [-0.05, 0) is 42.0 Å². The Morgan fingerprint density at radius 3 is 2.38 bits per heavy atom. The van der Waals surface area contributed by atoms with Crippen molar-refractivity contribution >= 4 is 38.6 Å². The predicted molar refractivity (Wildman–Crippen MR) is 90.0 cm³/mol. The lowest BCUT2D eigenvalue weighted by Crippen LogP contribution is -2.27. The molecule has 0 aliphatic carbocycles. The maximum Gasteiger partial charge on any atom is 0.265 e. The van der Waals surface area contributed by atoms with E-state index in [1.54, 1.807) is 14.0 Å². The summed E-state index contributed by atoms with van der Waals surface area (Å²) in [5.41, 5.74) is 2.57. The first kappa shape index (κ1) is 16.3. The van der Waals surface area contributed by atoms with Crippen molar-refractivity contribution in [1.82, 2.24) is 0 Å². The molecule has 114 valence electrons. The molecule has 0 saturated heterocycles. The van der Waals surface area contributed by atoms with Crippen LogP contribution in [0.25, 0.3) is 0 Å². The Hall–Kier alpha value is -1.04. The number of aryl methyl sites for hydroxylation is 2. The third-order valence-electron chi connectivity index (χ3n) is 3.44. The number of alkyl halides is 1. The highest BCUT2D eigenvalue weighted by Crippen LogP contribution is 2.32. The largest absolute Gasteiger partial charge is 0.269 e. The maximum absolute atomic E-state index is 12.8. The Morgan fingerprint density at radius 1 is 1.24 bits per heavy atom. The van der Waals surface area contributed by atoms with Gasteiger partial charge in [0.05, 0.1) is 11.6 Å². The van der Waals surface area contributed by atoms with Crippen LogP contribution in [0.15, 0.2) is 34.5 Å². The lowest BCUT2D eigenvalue weighted by molar-refractivity contribution is 0.593. The second-order valence-corrected chi connectivity index (χ2v) is 7.93. The summed E-state index contributed by atoms with van der Waals surface area (Å²) in [6.07, 6.45) is 0.927. The van der Waals surface area contributed by atoms with E-state index < -0.39 is 10.0 Å². The van der Waals surface area contributed by atoms with Gasteiger partial charge in [-0.2, -0.15) is 0 Å². The zero-order valence-corrected chi connectivity index (χ0v) is 14.6. The summed E-state index contributed by atoms with van der Waals surface area (Å²) in [6.45, 7) is 3.87. The lowest BCUT2D eigenvalue weighted by atomic mass is 10.1. The van der Waals surface area contributed by atoms with Crippen molar-refractivity contribution in [3.63, 3.8) is 0 Å². The minimum absolute atomic E-state index is 0.204. The van der Waals surface area contributed by atoms with Crippen LogP contribution < -0.4 is 4.31 Å². The summed E-state index contributed by atoms with van der Waals surface area (Å²) in [7, 11) is -2.01. The Morgan fingerprint density at radius 2 is 1.86 bits per heavy atom. The van der Waals surface area contributed by atoms with Crippen LogP contribution in [-0.4, -0.2) is 15.5 Å². The van der Waals surface area contributed by atoms with E-state index in [1.807, 2.05) is 29.6 Å². The predicted octanol–water partition coefficient (Wildman–Crippen LogP) is 4.18. The summed E-state index contributed by atoms with van der Waals surface area (Å²) in [4.78, 5) is 1.02. The SMILES string of the molecule is CCc1ccc(N(C)S(=O)(=O)c2c(C)csc2CCl)cc1. The van der Waals surface area contributed by atoms with Gasteiger partial charge in [-0.3, -0.25) is 4.31 Å². The van der Waals surface area contributed by atoms with E-state index in [2.05, 4.69) is 6.92 Å². The molecule has 0 saturated carbocycles. The highest BCUT2D eigenvalue weighted by molar-refractivity contribution is 7.93. The molecule has 6 heteroatoms. The number of nitrogens with zero attached hydrogens (tertiary/aromatic N) is 1. The first-order chi connectivity index (χ1) is 9.91. The summed E-state index contributed by atoms with van der Waals surface area (Å²) >= 11 is 7.25. The fraction of sp³-hybridized carbons (Fsp3) is 0.333. The first-order valence-corrected chi connectivity index (χ1v) is 9.48. The van der Waals surface area contributed by atoms with Crippen LogP contribution >= 0.6 is 22.9 Å². The van der Waals surface area contributed by atoms with Crippen molar-refractivity contribution in [3.8, 4) is 0 Å². The molecule has 1 aromatic heterocycles. The van der Waals surface area contributed by atoms with Gasteiger partial charge in [0.2, 0.25) is 0 Å². The van der Waals surface area contributed by atoms with Crippen LogP contribution in [0.1, 0.15) is 22.9 Å². The number of rotatable bonds is 5. The van der Waals surface area contributed by atoms with E-state index in [0.29, 0.717) is 15.5 Å². The molecule has 3 nitrogen and oxygen atoms in total. The standard InChI is InChI=1S/C15H18ClNO2S2/c1-4-12-5-7-13(8-6-12)17(3)21(18,19)15-11(2)10-20-14(15)9-16/h5-8,10H,4,9H2,1-3H3. The molecular formula is C15H18ClNO2S2. The average Bonchev–Trinajstić information content (AvgIpc) is 2.88. The van der Waals surface area contributed by atoms with Crippen LogP contribution in [0.5, 0.6) is 0 Å². The molecule has 0 atom stereocenters. The number of halogens is 1. The molecule has 1 aromatic carbocycles. The Balaban J connectivity index is 2.44. The zero-order valence-electron chi connectivity index (χ0n) is 12.3. The maximum atomic E-state index is 12.8. The fourth-order valence-electron chi connectivity index (χ4n) is 2.14. The molecule has 21 heavy (non-hydrogen) atoms. The van der Waals surface area contributed by atoms with Crippen LogP contribution in [-0.2, 0) is 22.3 Å². The monoisotopic (exact) mass is 343 g/mol. The van der Waals surface area contributed by atoms with Crippen molar-refractivity contribution in [1.29, 1.82) is 0 Å². The van der Waals surface area contributed by atoms with Crippen LogP contribution in [0.2, 0.25) is 0 Å². The summed E-state index contributed by atoms with van der Waals surface area (Å²) in [5, 5.41) is 1.83. The van der Waals surface area contributed by atoms with Gasteiger partial charge < -0.3 is 0 Å². The third-order valence-corrected chi connectivity index (χ3v) is 7.11. The molecule has 0 unspecified atom stereocenters.